The Morgan fingerprint density at radius 2 is 1.81 bits per heavy atom. The van der Waals surface area contributed by atoms with Crippen molar-refractivity contribution in [1.29, 1.82) is 0 Å². The highest BCUT2D eigenvalue weighted by atomic mass is 16.5. The number of aryl methyl sites for hydroxylation is 2. The average Bonchev–Trinajstić information content (AvgIpc) is 3.26. The van der Waals surface area contributed by atoms with E-state index in [-0.39, 0.29) is 31.0 Å². The Morgan fingerprint density at radius 1 is 1.11 bits per heavy atom. The van der Waals surface area contributed by atoms with Gasteiger partial charge in [-0.2, -0.15) is 0 Å². The molecule has 0 aliphatic heterocycles. The Bertz CT molecular complexity index is 1030. The van der Waals surface area contributed by atoms with Crippen molar-refractivity contribution in [1.82, 2.24) is 9.13 Å². The van der Waals surface area contributed by atoms with Crippen molar-refractivity contribution in [3.05, 3.63) is 58.4 Å². The molecule has 0 fully saturated rings. The van der Waals surface area contributed by atoms with Gasteiger partial charge in [-0.15, -0.1) is 0 Å². The molecule has 0 spiro atoms. The Hall–Kier alpha value is -3.29. The SMILES string of the molecule is CCn1c(=O)n(CCC(=O)OCc2ccoc2C(=O)OC)c2ccccc21. The van der Waals surface area contributed by atoms with Crippen molar-refractivity contribution < 1.29 is 23.5 Å². The van der Waals surface area contributed by atoms with Crippen molar-refractivity contribution in [2.45, 2.75) is 33.0 Å². The first-order valence-electron chi connectivity index (χ1n) is 8.55. The van der Waals surface area contributed by atoms with Crippen LogP contribution in [-0.2, 0) is 34.0 Å². The number of hydrogen-bond acceptors (Lipinski definition) is 6. The summed E-state index contributed by atoms with van der Waals surface area (Å²) in [6, 6.07) is 8.99. The molecule has 0 aliphatic rings. The first-order chi connectivity index (χ1) is 13.1. The van der Waals surface area contributed by atoms with E-state index < -0.39 is 11.9 Å². The number of nitrogens with zero attached hydrogens (tertiary/aromatic N) is 2. The molecule has 8 heteroatoms. The fourth-order valence-electron chi connectivity index (χ4n) is 2.95. The summed E-state index contributed by atoms with van der Waals surface area (Å²) in [6.45, 7) is 2.55. The fraction of sp³-hybridized carbons (Fsp3) is 0.316. The van der Waals surface area contributed by atoms with Gasteiger partial charge in [-0.1, -0.05) is 12.1 Å². The number of carbonyl (C=O) groups excluding carboxylic acids is 2. The van der Waals surface area contributed by atoms with E-state index in [1.807, 2.05) is 31.2 Å². The lowest BCUT2D eigenvalue weighted by Gasteiger charge is -2.06. The van der Waals surface area contributed by atoms with Crippen LogP contribution in [0.1, 0.15) is 29.5 Å². The van der Waals surface area contributed by atoms with Crippen LogP contribution in [0.5, 0.6) is 0 Å². The molecule has 3 aromatic rings. The van der Waals surface area contributed by atoms with E-state index in [2.05, 4.69) is 4.74 Å². The van der Waals surface area contributed by atoms with Crippen LogP contribution in [0.15, 0.2) is 45.8 Å². The van der Waals surface area contributed by atoms with E-state index in [1.165, 1.54) is 13.4 Å². The van der Waals surface area contributed by atoms with Gasteiger partial charge in [0.1, 0.15) is 6.61 Å². The topological polar surface area (TPSA) is 92.7 Å². The fourth-order valence-corrected chi connectivity index (χ4v) is 2.95. The quantitative estimate of drug-likeness (QED) is 0.591. The molecule has 2 aromatic heterocycles. The largest absolute Gasteiger partial charge is 0.463 e. The van der Waals surface area contributed by atoms with Gasteiger partial charge in [0, 0.05) is 18.7 Å². The van der Waals surface area contributed by atoms with Gasteiger partial charge in [0.25, 0.3) is 0 Å². The van der Waals surface area contributed by atoms with Gasteiger partial charge in [0.05, 0.1) is 30.8 Å². The van der Waals surface area contributed by atoms with E-state index in [9.17, 15) is 14.4 Å². The number of ether oxygens (including phenoxy) is 2. The second-order valence-electron chi connectivity index (χ2n) is 5.84. The number of benzene rings is 1. The third-order valence-electron chi connectivity index (χ3n) is 4.29. The number of methoxy groups -OCH3 is 1. The molecular formula is C19H20N2O6. The van der Waals surface area contributed by atoms with Crippen LogP contribution in [0.3, 0.4) is 0 Å². The molecule has 0 N–H and O–H groups in total. The zero-order valence-electron chi connectivity index (χ0n) is 15.1. The minimum Gasteiger partial charge on any atom is -0.463 e. The highest BCUT2D eigenvalue weighted by Gasteiger charge is 2.18. The predicted molar refractivity (Wildman–Crippen MR) is 96.3 cm³/mol. The Labute approximate surface area is 154 Å². The Balaban J connectivity index is 1.66. The lowest BCUT2D eigenvalue weighted by atomic mass is 10.2. The van der Waals surface area contributed by atoms with Gasteiger partial charge in [-0.25, -0.2) is 9.59 Å². The van der Waals surface area contributed by atoms with Gasteiger partial charge in [0.15, 0.2) is 0 Å². The predicted octanol–water partition coefficient (Wildman–Crippen LogP) is 2.34. The summed E-state index contributed by atoms with van der Waals surface area (Å²) in [5.41, 5.74) is 1.88. The van der Waals surface area contributed by atoms with Gasteiger partial charge in [-0.3, -0.25) is 13.9 Å². The maximum absolute atomic E-state index is 12.5. The molecule has 0 unspecified atom stereocenters. The summed E-state index contributed by atoms with van der Waals surface area (Å²) in [4.78, 5) is 36.2. The zero-order valence-corrected chi connectivity index (χ0v) is 15.1. The molecule has 0 atom stereocenters. The van der Waals surface area contributed by atoms with Gasteiger partial charge in [-0.05, 0) is 25.1 Å². The molecule has 0 bridgehead atoms. The second-order valence-corrected chi connectivity index (χ2v) is 5.84. The molecule has 1 aromatic carbocycles. The van der Waals surface area contributed by atoms with Gasteiger partial charge in [0.2, 0.25) is 5.76 Å². The molecule has 0 aliphatic carbocycles. The Morgan fingerprint density at radius 3 is 2.48 bits per heavy atom. The standard InChI is InChI=1S/C19H20N2O6/c1-3-20-14-6-4-5-7-15(14)21(19(20)24)10-8-16(22)27-12-13-9-11-26-17(13)18(23)25-2/h4-7,9,11H,3,8,10,12H2,1-2H3. The number of rotatable bonds is 7. The third kappa shape index (κ3) is 3.64. The number of esters is 2. The highest BCUT2D eigenvalue weighted by molar-refractivity contribution is 5.87. The van der Waals surface area contributed by atoms with Crippen LogP contribution < -0.4 is 5.69 Å². The van der Waals surface area contributed by atoms with E-state index >= 15 is 0 Å². The lowest BCUT2D eigenvalue weighted by molar-refractivity contribution is -0.145. The number of hydrogen-bond donors (Lipinski definition) is 0. The maximum Gasteiger partial charge on any atom is 0.374 e. The van der Waals surface area contributed by atoms with E-state index in [0.717, 1.165) is 11.0 Å². The summed E-state index contributed by atoms with van der Waals surface area (Å²) >= 11 is 0. The monoisotopic (exact) mass is 372 g/mol. The first kappa shape index (κ1) is 18.5. The summed E-state index contributed by atoms with van der Waals surface area (Å²) in [6.07, 6.45) is 1.36. The van der Waals surface area contributed by atoms with Crippen molar-refractivity contribution in [3.8, 4) is 0 Å². The van der Waals surface area contributed by atoms with Crippen molar-refractivity contribution in [2.24, 2.45) is 0 Å². The third-order valence-corrected chi connectivity index (χ3v) is 4.29. The second kappa shape index (κ2) is 7.94. The normalized spacial score (nSPS) is 10.9. The van der Waals surface area contributed by atoms with E-state index in [4.69, 9.17) is 9.15 Å². The maximum atomic E-state index is 12.5. The van der Waals surface area contributed by atoms with Crippen LogP contribution in [0, 0.1) is 0 Å². The molecule has 0 saturated heterocycles. The number of aromatic nitrogens is 2. The van der Waals surface area contributed by atoms with Crippen LogP contribution in [0.25, 0.3) is 11.0 Å². The van der Waals surface area contributed by atoms with Gasteiger partial charge < -0.3 is 13.9 Å². The number of fused-ring (bicyclic) bond motifs is 1. The smallest absolute Gasteiger partial charge is 0.374 e. The van der Waals surface area contributed by atoms with Crippen LogP contribution in [-0.4, -0.2) is 28.2 Å². The van der Waals surface area contributed by atoms with Crippen LogP contribution in [0.2, 0.25) is 0 Å². The molecular weight excluding hydrogens is 352 g/mol. The zero-order chi connectivity index (χ0) is 19.4. The number of carbonyl (C=O) groups is 2. The molecule has 0 radical (unpaired) electrons. The van der Waals surface area contributed by atoms with Gasteiger partial charge >= 0.3 is 17.6 Å². The van der Waals surface area contributed by atoms with Crippen molar-refractivity contribution in [2.75, 3.05) is 7.11 Å². The molecule has 142 valence electrons. The first-order valence-corrected chi connectivity index (χ1v) is 8.55. The van der Waals surface area contributed by atoms with E-state index in [0.29, 0.717) is 12.1 Å². The summed E-state index contributed by atoms with van der Waals surface area (Å²) < 4.78 is 18.1. The lowest BCUT2D eigenvalue weighted by Crippen LogP contribution is -2.25. The molecule has 0 saturated carbocycles. The van der Waals surface area contributed by atoms with Crippen molar-refractivity contribution >= 4 is 23.0 Å². The molecule has 0 amide bonds. The number of para-hydroxylation sites is 2. The van der Waals surface area contributed by atoms with E-state index in [1.54, 1.807) is 15.2 Å². The van der Waals surface area contributed by atoms with Crippen molar-refractivity contribution in [3.63, 3.8) is 0 Å². The minimum atomic E-state index is -0.634. The minimum absolute atomic E-state index is 0.00698. The number of imidazole rings is 1. The Kier molecular flexibility index (Phi) is 5.44. The van der Waals surface area contributed by atoms with Crippen LogP contribution >= 0.6 is 0 Å². The summed E-state index contributed by atoms with van der Waals surface area (Å²) in [5, 5.41) is 0. The molecule has 27 heavy (non-hydrogen) atoms. The molecule has 8 nitrogen and oxygen atoms in total. The highest BCUT2D eigenvalue weighted by Crippen LogP contribution is 2.15. The average molecular weight is 372 g/mol. The number of furan rings is 1. The molecule has 2 heterocycles. The molecule has 3 rings (SSSR count). The summed E-state index contributed by atoms with van der Waals surface area (Å²) in [5.74, 6) is -1.11. The van der Waals surface area contributed by atoms with Crippen LogP contribution in [0.4, 0.5) is 0 Å². The summed E-state index contributed by atoms with van der Waals surface area (Å²) in [7, 11) is 1.24.